The number of carbonyl (C=O) groups excluding carboxylic acids is 1. The minimum atomic E-state index is -0.0799. The Balaban J connectivity index is 1.86. The first-order chi connectivity index (χ1) is 7.81. The van der Waals surface area contributed by atoms with Gasteiger partial charge in [0.2, 0.25) is 0 Å². The molecule has 16 heavy (non-hydrogen) atoms. The number of likely N-dealkylation sites (tertiary alicyclic amines) is 1. The zero-order valence-corrected chi connectivity index (χ0v) is 10.3. The van der Waals surface area contributed by atoms with E-state index in [2.05, 4.69) is 22.4 Å². The van der Waals surface area contributed by atoms with Crippen LogP contribution < -0.4 is 0 Å². The molecule has 1 saturated heterocycles. The van der Waals surface area contributed by atoms with E-state index >= 15 is 0 Å². The fourth-order valence-corrected chi connectivity index (χ4v) is 2.90. The maximum Gasteiger partial charge on any atom is 0.323 e. The minimum Gasteiger partial charge on any atom is -0.468 e. The molecule has 1 aliphatic heterocycles. The van der Waals surface area contributed by atoms with Crippen LogP contribution in [0, 0.1) is 0 Å². The molecule has 1 fully saturated rings. The van der Waals surface area contributed by atoms with Crippen LogP contribution in [0.4, 0.5) is 0 Å². The molecule has 4 heteroatoms. The standard InChI is InChI=1S/C12H17NO2S/c1-15-12(14)11-5-2-7-13(11)8-6-10-4-3-9-16-10/h3-4,9,11H,2,5-8H2,1H3/t11-/m0/s1. The smallest absolute Gasteiger partial charge is 0.323 e. The zero-order valence-electron chi connectivity index (χ0n) is 9.52. The highest BCUT2D eigenvalue weighted by atomic mass is 32.1. The van der Waals surface area contributed by atoms with Crippen molar-refractivity contribution in [1.29, 1.82) is 0 Å². The molecular weight excluding hydrogens is 222 g/mol. The van der Waals surface area contributed by atoms with Crippen molar-refractivity contribution < 1.29 is 9.53 Å². The van der Waals surface area contributed by atoms with E-state index in [0.717, 1.165) is 32.4 Å². The molecule has 0 unspecified atom stereocenters. The third kappa shape index (κ3) is 2.62. The first kappa shape index (κ1) is 11.6. The number of ether oxygens (including phenoxy) is 1. The number of thiophene rings is 1. The molecule has 88 valence electrons. The number of hydrogen-bond donors (Lipinski definition) is 0. The second-order valence-corrected chi connectivity index (χ2v) is 5.08. The van der Waals surface area contributed by atoms with Crippen molar-refractivity contribution in [1.82, 2.24) is 4.90 Å². The molecule has 0 bridgehead atoms. The lowest BCUT2D eigenvalue weighted by Gasteiger charge is -2.21. The summed E-state index contributed by atoms with van der Waals surface area (Å²) in [4.78, 5) is 15.2. The minimum absolute atomic E-state index is 0.00929. The van der Waals surface area contributed by atoms with Gasteiger partial charge in [-0.05, 0) is 37.3 Å². The lowest BCUT2D eigenvalue weighted by molar-refractivity contribution is -0.145. The van der Waals surface area contributed by atoms with Crippen LogP contribution in [0.2, 0.25) is 0 Å². The highest BCUT2D eigenvalue weighted by Crippen LogP contribution is 2.19. The number of esters is 1. The van der Waals surface area contributed by atoms with Crippen molar-refractivity contribution in [3.63, 3.8) is 0 Å². The van der Waals surface area contributed by atoms with Crippen molar-refractivity contribution in [2.45, 2.75) is 25.3 Å². The van der Waals surface area contributed by atoms with E-state index in [1.807, 2.05) is 0 Å². The molecule has 1 aromatic heterocycles. The van der Waals surface area contributed by atoms with Crippen LogP contribution in [0.3, 0.4) is 0 Å². The molecule has 0 aliphatic carbocycles. The molecule has 0 saturated carbocycles. The summed E-state index contributed by atoms with van der Waals surface area (Å²) < 4.78 is 4.82. The maximum absolute atomic E-state index is 11.5. The predicted octanol–water partition coefficient (Wildman–Crippen LogP) is 1.93. The summed E-state index contributed by atoms with van der Waals surface area (Å²) in [6, 6.07) is 4.21. The Hall–Kier alpha value is -0.870. The van der Waals surface area contributed by atoms with E-state index in [9.17, 15) is 4.79 Å². The molecule has 0 aromatic carbocycles. The van der Waals surface area contributed by atoms with Gasteiger partial charge in [-0.2, -0.15) is 0 Å². The number of carbonyl (C=O) groups is 1. The molecule has 2 rings (SSSR count). The Kier molecular flexibility index (Phi) is 3.96. The zero-order chi connectivity index (χ0) is 11.4. The lowest BCUT2D eigenvalue weighted by Crippen LogP contribution is -2.37. The van der Waals surface area contributed by atoms with Crippen molar-refractivity contribution >= 4 is 17.3 Å². The maximum atomic E-state index is 11.5. The number of methoxy groups -OCH3 is 1. The van der Waals surface area contributed by atoms with Crippen LogP contribution in [0.5, 0.6) is 0 Å². The van der Waals surface area contributed by atoms with Crippen LogP contribution in [-0.4, -0.2) is 37.1 Å². The second kappa shape index (κ2) is 5.46. The molecule has 1 aromatic rings. The molecular formula is C12H17NO2S. The molecule has 0 amide bonds. The number of rotatable bonds is 4. The highest BCUT2D eigenvalue weighted by Gasteiger charge is 2.30. The lowest BCUT2D eigenvalue weighted by atomic mass is 10.2. The van der Waals surface area contributed by atoms with Gasteiger partial charge in [-0.15, -0.1) is 11.3 Å². The van der Waals surface area contributed by atoms with E-state index in [4.69, 9.17) is 4.74 Å². The third-order valence-electron chi connectivity index (χ3n) is 3.06. The van der Waals surface area contributed by atoms with Gasteiger partial charge in [-0.3, -0.25) is 9.69 Å². The van der Waals surface area contributed by atoms with Crippen LogP contribution in [0.25, 0.3) is 0 Å². The quantitative estimate of drug-likeness (QED) is 0.752. The number of hydrogen-bond acceptors (Lipinski definition) is 4. The monoisotopic (exact) mass is 239 g/mol. The van der Waals surface area contributed by atoms with Gasteiger partial charge in [0.05, 0.1) is 7.11 Å². The SMILES string of the molecule is COC(=O)[C@@H]1CCCN1CCc1cccs1. The Bertz CT molecular complexity index is 337. The van der Waals surface area contributed by atoms with Gasteiger partial charge in [0.1, 0.15) is 6.04 Å². The average Bonchev–Trinajstić information content (AvgIpc) is 2.96. The van der Waals surface area contributed by atoms with Crippen molar-refractivity contribution in [2.75, 3.05) is 20.2 Å². The van der Waals surface area contributed by atoms with E-state index in [1.54, 1.807) is 11.3 Å². The predicted molar refractivity (Wildman–Crippen MR) is 64.6 cm³/mol. The first-order valence-electron chi connectivity index (χ1n) is 5.65. The summed E-state index contributed by atoms with van der Waals surface area (Å²) in [6.45, 7) is 1.98. The molecule has 1 aliphatic rings. The van der Waals surface area contributed by atoms with E-state index in [1.165, 1.54) is 12.0 Å². The first-order valence-corrected chi connectivity index (χ1v) is 6.53. The summed E-state index contributed by atoms with van der Waals surface area (Å²) in [5, 5.41) is 2.09. The van der Waals surface area contributed by atoms with E-state index in [0.29, 0.717) is 0 Å². The van der Waals surface area contributed by atoms with Gasteiger partial charge in [0.15, 0.2) is 0 Å². The highest BCUT2D eigenvalue weighted by molar-refractivity contribution is 7.09. The molecule has 0 spiro atoms. The van der Waals surface area contributed by atoms with Gasteiger partial charge in [-0.25, -0.2) is 0 Å². The topological polar surface area (TPSA) is 29.5 Å². The molecule has 0 N–H and O–H groups in total. The second-order valence-electron chi connectivity index (χ2n) is 4.05. The Morgan fingerprint density at radius 1 is 1.69 bits per heavy atom. The molecule has 2 heterocycles. The Morgan fingerprint density at radius 2 is 2.56 bits per heavy atom. The van der Waals surface area contributed by atoms with Crippen molar-refractivity contribution in [3.8, 4) is 0 Å². The van der Waals surface area contributed by atoms with Crippen LogP contribution in [0.1, 0.15) is 17.7 Å². The van der Waals surface area contributed by atoms with Gasteiger partial charge in [0.25, 0.3) is 0 Å². The van der Waals surface area contributed by atoms with Crippen LogP contribution in [0.15, 0.2) is 17.5 Å². The summed E-state index contributed by atoms with van der Waals surface area (Å²) in [5.74, 6) is -0.0799. The van der Waals surface area contributed by atoms with Gasteiger partial charge in [0, 0.05) is 11.4 Å². The summed E-state index contributed by atoms with van der Waals surface area (Å²) in [6.07, 6.45) is 3.08. The molecule has 0 radical (unpaired) electrons. The van der Waals surface area contributed by atoms with Crippen LogP contribution in [-0.2, 0) is 16.0 Å². The van der Waals surface area contributed by atoms with Crippen LogP contribution >= 0.6 is 11.3 Å². The van der Waals surface area contributed by atoms with Gasteiger partial charge in [-0.1, -0.05) is 6.07 Å². The number of nitrogens with zero attached hydrogens (tertiary/aromatic N) is 1. The van der Waals surface area contributed by atoms with Gasteiger partial charge < -0.3 is 4.74 Å². The fraction of sp³-hybridized carbons (Fsp3) is 0.583. The van der Waals surface area contributed by atoms with Crippen molar-refractivity contribution in [2.24, 2.45) is 0 Å². The normalized spacial score (nSPS) is 21.2. The van der Waals surface area contributed by atoms with Gasteiger partial charge >= 0.3 is 5.97 Å². The Labute approximate surface area is 100 Å². The van der Waals surface area contributed by atoms with E-state index in [-0.39, 0.29) is 12.0 Å². The van der Waals surface area contributed by atoms with Crippen molar-refractivity contribution in [3.05, 3.63) is 22.4 Å². The third-order valence-corrected chi connectivity index (χ3v) is 4.00. The largest absolute Gasteiger partial charge is 0.468 e. The van der Waals surface area contributed by atoms with E-state index < -0.39 is 0 Å². The fourth-order valence-electron chi connectivity index (χ4n) is 2.21. The summed E-state index contributed by atoms with van der Waals surface area (Å²) in [7, 11) is 1.47. The summed E-state index contributed by atoms with van der Waals surface area (Å²) >= 11 is 1.78. The summed E-state index contributed by atoms with van der Waals surface area (Å²) in [5.41, 5.74) is 0. The molecule has 3 nitrogen and oxygen atoms in total. The Morgan fingerprint density at radius 3 is 3.25 bits per heavy atom. The molecule has 1 atom stereocenters. The average molecular weight is 239 g/mol.